The molecule has 6 nitrogen and oxygen atoms in total. The molecule has 1 heterocycles. The van der Waals surface area contributed by atoms with Gasteiger partial charge in [-0.2, -0.15) is 8.78 Å². The number of nitrogens with zero attached hydrogens (tertiary/aromatic N) is 2. The van der Waals surface area contributed by atoms with Gasteiger partial charge in [0.1, 0.15) is 5.82 Å². The number of rotatable bonds is 7. The lowest BCUT2D eigenvalue weighted by atomic mass is 10.1. The SMILES string of the molecule is COc1cc(CN(C)C(=O)C2CC(=O)N(c3ccccc3F)C2)ccc1OC(F)F. The molecule has 1 aliphatic heterocycles. The number of carbonyl (C=O) groups is 2. The van der Waals surface area contributed by atoms with Crippen molar-refractivity contribution in [2.75, 3.05) is 25.6 Å². The van der Waals surface area contributed by atoms with Gasteiger partial charge in [-0.25, -0.2) is 4.39 Å². The summed E-state index contributed by atoms with van der Waals surface area (Å²) in [6.07, 6.45) is -0.0119. The fourth-order valence-corrected chi connectivity index (χ4v) is 3.44. The van der Waals surface area contributed by atoms with Gasteiger partial charge in [-0.3, -0.25) is 9.59 Å². The maximum absolute atomic E-state index is 14.0. The highest BCUT2D eigenvalue weighted by atomic mass is 19.3. The fourth-order valence-electron chi connectivity index (χ4n) is 3.44. The highest BCUT2D eigenvalue weighted by Crippen LogP contribution is 2.31. The van der Waals surface area contributed by atoms with Gasteiger partial charge in [0.15, 0.2) is 11.5 Å². The number of hydrogen-bond donors (Lipinski definition) is 0. The van der Waals surface area contributed by atoms with E-state index in [9.17, 15) is 22.8 Å². The van der Waals surface area contributed by atoms with Crippen molar-refractivity contribution in [2.24, 2.45) is 5.92 Å². The number of alkyl halides is 2. The van der Waals surface area contributed by atoms with Crippen molar-refractivity contribution in [3.63, 3.8) is 0 Å². The van der Waals surface area contributed by atoms with E-state index >= 15 is 0 Å². The molecule has 0 aliphatic carbocycles. The molecule has 30 heavy (non-hydrogen) atoms. The molecule has 1 unspecified atom stereocenters. The monoisotopic (exact) mass is 422 g/mol. The van der Waals surface area contributed by atoms with Gasteiger partial charge in [0.05, 0.1) is 18.7 Å². The zero-order valence-electron chi connectivity index (χ0n) is 16.5. The zero-order valence-corrected chi connectivity index (χ0v) is 16.5. The minimum Gasteiger partial charge on any atom is -0.493 e. The van der Waals surface area contributed by atoms with Crippen molar-refractivity contribution >= 4 is 17.5 Å². The fraction of sp³-hybridized carbons (Fsp3) is 0.333. The van der Waals surface area contributed by atoms with E-state index < -0.39 is 18.3 Å². The van der Waals surface area contributed by atoms with Crippen molar-refractivity contribution in [3.8, 4) is 11.5 Å². The van der Waals surface area contributed by atoms with Crippen molar-refractivity contribution in [2.45, 2.75) is 19.6 Å². The van der Waals surface area contributed by atoms with Crippen molar-refractivity contribution < 1.29 is 32.2 Å². The van der Waals surface area contributed by atoms with Crippen LogP contribution in [-0.2, 0) is 16.1 Å². The van der Waals surface area contributed by atoms with E-state index in [1.165, 1.54) is 47.2 Å². The van der Waals surface area contributed by atoms with Gasteiger partial charge < -0.3 is 19.3 Å². The molecule has 1 fully saturated rings. The average molecular weight is 422 g/mol. The molecule has 160 valence electrons. The Bertz CT molecular complexity index is 938. The maximum Gasteiger partial charge on any atom is 0.387 e. The highest BCUT2D eigenvalue weighted by Gasteiger charge is 2.37. The van der Waals surface area contributed by atoms with Crippen LogP contribution in [0.15, 0.2) is 42.5 Å². The third kappa shape index (κ3) is 4.67. The van der Waals surface area contributed by atoms with Crippen LogP contribution in [0.4, 0.5) is 18.9 Å². The topological polar surface area (TPSA) is 59.1 Å². The molecule has 0 N–H and O–H groups in total. The van der Waals surface area contributed by atoms with E-state index in [1.807, 2.05) is 0 Å². The predicted molar refractivity (Wildman–Crippen MR) is 103 cm³/mol. The van der Waals surface area contributed by atoms with E-state index in [2.05, 4.69) is 4.74 Å². The maximum atomic E-state index is 14.0. The third-order valence-electron chi connectivity index (χ3n) is 4.86. The molecule has 0 radical (unpaired) electrons. The summed E-state index contributed by atoms with van der Waals surface area (Å²) in [4.78, 5) is 27.9. The third-order valence-corrected chi connectivity index (χ3v) is 4.86. The van der Waals surface area contributed by atoms with Gasteiger partial charge in [-0.05, 0) is 29.8 Å². The molecule has 1 saturated heterocycles. The summed E-state index contributed by atoms with van der Waals surface area (Å²) in [5.41, 5.74) is 0.791. The first-order valence-electron chi connectivity index (χ1n) is 9.21. The summed E-state index contributed by atoms with van der Waals surface area (Å²) >= 11 is 0. The Labute approximate surface area is 171 Å². The Kier molecular flexibility index (Phi) is 6.49. The zero-order chi connectivity index (χ0) is 21.8. The van der Waals surface area contributed by atoms with Crippen LogP contribution in [0.25, 0.3) is 0 Å². The molecule has 1 aliphatic rings. The second kappa shape index (κ2) is 9.06. The van der Waals surface area contributed by atoms with Crippen LogP contribution in [0.1, 0.15) is 12.0 Å². The number of benzene rings is 2. The molecule has 0 spiro atoms. The van der Waals surface area contributed by atoms with Crippen LogP contribution in [0, 0.1) is 11.7 Å². The number of halogens is 3. The lowest BCUT2D eigenvalue weighted by Crippen LogP contribution is -2.34. The normalized spacial score (nSPS) is 16.1. The van der Waals surface area contributed by atoms with Gasteiger partial charge >= 0.3 is 6.61 Å². The van der Waals surface area contributed by atoms with E-state index in [-0.39, 0.29) is 48.5 Å². The smallest absolute Gasteiger partial charge is 0.387 e. The Morgan fingerprint density at radius 3 is 2.63 bits per heavy atom. The first-order chi connectivity index (χ1) is 14.3. The number of methoxy groups -OCH3 is 1. The first kappa shape index (κ1) is 21.5. The lowest BCUT2D eigenvalue weighted by molar-refractivity contribution is -0.135. The van der Waals surface area contributed by atoms with E-state index in [1.54, 1.807) is 19.2 Å². The molecule has 3 rings (SSSR count). The minimum atomic E-state index is -2.98. The number of ether oxygens (including phenoxy) is 2. The summed E-state index contributed by atoms with van der Waals surface area (Å²) in [6.45, 7) is -2.71. The Balaban J connectivity index is 1.68. The van der Waals surface area contributed by atoms with Crippen molar-refractivity contribution in [1.82, 2.24) is 4.90 Å². The van der Waals surface area contributed by atoms with Crippen LogP contribution in [-0.4, -0.2) is 44.0 Å². The number of anilines is 1. The van der Waals surface area contributed by atoms with E-state index in [4.69, 9.17) is 4.74 Å². The number of amides is 2. The Morgan fingerprint density at radius 2 is 1.97 bits per heavy atom. The summed E-state index contributed by atoms with van der Waals surface area (Å²) in [6, 6.07) is 10.3. The molecule has 9 heteroatoms. The molecule has 1 atom stereocenters. The average Bonchev–Trinajstić information content (AvgIpc) is 3.09. The molecule has 0 aromatic heterocycles. The quantitative estimate of drug-likeness (QED) is 0.686. The van der Waals surface area contributed by atoms with Crippen LogP contribution in [0.3, 0.4) is 0 Å². The van der Waals surface area contributed by atoms with E-state index in [0.29, 0.717) is 5.56 Å². The summed E-state index contributed by atoms with van der Waals surface area (Å²) in [5.74, 6) is -1.70. The molecular weight excluding hydrogens is 401 g/mol. The van der Waals surface area contributed by atoms with Gasteiger partial charge in [-0.1, -0.05) is 18.2 Å². The van der Waals surface area contributed by atoms with Crippen LogP contribution < -0.4 is 14.4 Å². The van der Waals surface area contributed by atoms with Gasteiger partial charge in [0.2, 0.25) is 11.8 Å². The van der Waals surface area contributed by atoms with E-state index in [0.717, 1.165) is 0 Å². The van der Waals surface area contributed by atoms with Crippen LogP contribution in [0.2, 0.25) is 0 Å². The molecule has 0 bridgehead atoms. The predicted octanol–water partition coefficient (Wildman–Crippen LogP) is 3.45. The largest absolute Gasteiger partial charge is 0.493 e. The van der Waals surface area contributed by atoms with Crippen LogP contribution in [0.5, 0.6) is 11.5 Å². The standard InChI is InChI=1S/C21H21F3N2O4/c1-25(11-13-7-8-17(30-21(23)24)18(9-13)29-2)20(28)14-10-19(27)26(12-14)16-6-4-3-5-15(16)22/h3-9,14,21H,10-12H2,1-2H3. The first-order valence-corrected chi connectivity index (χ1v) is 9.21. The molecular formula is C21H21F3N2O4. The number of carbonyl (C=O) groups excluding carboxylic acids is 2. The molecule has 2 amide bonds. The Hall–Kier alpha value is -3.23. The number of para-hydroxylation sites is 1. The Morgan fingerprint density at radius 1 is 1.23 bits per heavy atom. The number of hydrogen-bond acceptors (Lipinski definition) is 4. The summed E-state index contributed by atoms with van der Waals surface area (Å²) in [5, 5.41) is 0. The summed E-state index contributed by atoms with van der Waals surface area (Å²) in [7, 11) is 2.91. The summed E-state index contributed by atoms with van der Waals surface area (Å²) < 4.78 is 48.4. The van der Waals surface area contributed by atoms with Crippen molar-refractivity contribution in [1.29, 1.82) is 0 Å². The van der Waals surface area contributed by atoms with Gasteiger partial charge in [0.25, 0.3) is 0 Å². The highest BCUT2D eigenvalue weighted by molar-refractivity contribution is 6.00. The molecule has 2 aromatic rings. The molecule has 0 saturated carbocycles. The second-order valence-electron chi connectivity index (χ2n) is 6.91. The van der Waals surface area contributed by atoms with Gasteiger partial charge in [-0.15, -0.1) is 0 Å². The minimum absolute atomic E-state index is 0.0119. The van der Waals surface area contributed by atoms with Gasteiger partial charge in [0, 0.05) is 26.6 Å². The molecule has 2 aromatic carbocycles. The van der Waals surface area contributed by atoms with Crippen molar-refractivity contribution in [3.05, 3.63) is 53.8 Å². The second-order valence-corrected chi connectivity index (χ2v) is 6.91. The van der Waals surface area contributed by atoms with Crippen LogP contribution >= 0.6 is 0 Å². The lowest BCUT2D eigenvalue weighted by Gasteiger charge is -2.22.